The zero-order valence-electron chi connectivity index (χ0n) is 5.05. The fourth-order valence-electron chi connectivity index (χ4n) is 0.366. The van der Waals surface area contributed by atoms with Gasteiger partial charge in [-0.3, -0.25) is 4.79 Å². The quantitative estimate of drug-likeness (QED) is 0.324. The molecule has 0 saturated heterocycles. The van der Waals surface area contributed by atoms with E-state index in [1.165, 1.54) is 0 Å². The highest BCUT2D eigenvalue weighted by Gasteiger charge is 1.69. The van der Waals surface area contributed by atoms with Crippen molar-refractivity contribution in [3.8, 4) is 0 Å². The lowest BCUT2D eigenvalue weighted by Gasteiger charge is -1.85. The molecule has 0 bridgehead atoms. The molecule has 0 radical (unpaired) electrons. The van der Waals surface area contributed by atoms with Crippen LogP contribution in [0.15, 0.2) is 12.2 Å². The molecule has 2 nitrogen and oxygen atoms in total. The van der Waals surface area contributed by atoms with E-state index in [-0.39, 0.29) is 0 Å². The smallest absolute Gasteiger partial charge is 0.207 e. The Morgan fingerprint density at radius 1 is 1.50 bits per heavy atom. The lowest BCUT2D eigenvalue weighted by Crippen LogP contribution is -2.09. The van der Waals surface area contributed by atoms with E-state index in [4.69, 9.17) is 0 Å². The average molecular weight is 113 g/mol. The molecule has 0 aromatic rings. The molecule has 8 heavy (non-hydrogen) atoms. The van der Waals surface area contributed by atoms with Crippen LogP contribution in [-0.2, 0) is 4.79 Å². The van der Waals surface area contributed by atoms with Crippen molar-refractivity contribution >= 4 is 6.41 Å². The Labute approximate surface area is 49.6 Å². The summed E-state index contributed by atoms with van der Waals surface area (Å²) in [7, 11) is 0. The molecule has 0 spiro atoms. The molecule has 0 fully saturated rings. The first-order chi connectivity index (χ1) is 3.91. The second-order valence-electron chi connectivity index (χ2n) is 1.41. The lowest BCUT2D eigenvalue weighted by molar-refractivity contribution is -0.109. The van der Waals surface area contributed by atoms with Crippen LogP contribution in [0.2, 0.25) is 0 Å². The van der Waals surface area contributed by atoms with Crippen molar-refractivity contribution in [2.75, 3.05) is 6.54 Å². The van der Waals surface area contributed by atoms with Gasteiger partial charge in [0.05, 0.1) is 0 Å². The minimum Gasteiger partial charge on any atom is -0.355 e. The third kappa shape index (κ3) is 5.21. The van der Waals surface area contributed by atoms with Crippen LogP contribution in [0.5, 0.6) is 0 Å². The van der Waals surface area contributed by atoms with E-state index >= 15 is 0 Å². The van der Waals surface area contributed by atoms with E-state index < -0.39 is 0 Å². The number of amides is 1. The third-order valence-electron chi connectivity index (χ3n) is 0.721. The Morgan fingerprint density at radius 3 is 2.75 bits per heavy atom. The van der Waals surface area contributed by atoms with Gasteiger partial charge in [-0.15, -0.1) is 0 Å². The Hall–Kier alpha value is -0.790. The molecule has 0 aromatic carbocycles. The molecule has 46 valence electrons. The van der Waals surface area contributed by atoms with Crippen molar-refractivity contribution in [3.05, 3.63) is 12.2 Å². The van der Waals surface area contributed by atoms with Gasteiger partial charge in [-0.1, -0.05) is 19.1 Å². The molecule has 0 rings (SSSR count). The van der Waals surface area contributed by atoms with E-state index in [1.807, 2.05) is 12.2 Å². The highest BCUT2D eigenvalue weighted by atomic mass is 16.1. The molecule has 2 heteroatoms. The molecule has 0 heterocycles. The molecular weight excluding hydrogens is 102 g/mol. The van der Waals surface area contributed by atoms with Crippen molar-refractivity contribution in [2.24, 2.45) is 0 Å². The van der Waals surface area contributed by atoms with Crippen LogP contribution >= 0.6 is 0 Å². The maximum absolute atomic E-state index is 9.62. The summed E-state index contributed by atoms with van der Waals surface area (Å²) >= 11 is 0. The monoisotopic (exact) mass is 113 g/mol. The number of allylic oxidation sites excluding steroid dienone is 1. The Bertz CT molecular complexity index is 78.6. The van der Waals surface area contributed by atoms with E-state index in [1.54, 1.807) is 0 Å². The predicted molar refractivity (Wildman–Crippen MR) is 33.5 cm³/mol. The van der Waals surface area contributed by atoms with Crippen molar-refractivity contribution in [1.82, 2.24) is 5.32 Å². The van der Waals surface area contributed by atoms with Crippen molar-refractivity contribution in [1.29, 1.82) is 0 Å². The number of rotatable bonds is 4. The second-order valence-corrected chi connectivity index (χ2v) is 1.41. The van der Waals surface area contributed by atoms with Crippen molar-refractivity contribution in [3.63, 3.8) is 0 Å². The number of carbonyl (C=O) groups is 1. The van der Waals surface area contributed by atoms with Crippen LogP contribution in [0, 0.1) is 0 Å². The van der Waals surface area contributed by atoms with Crippen molar-refractivity contribution < 1.29 is 4.79 Å². The van der Waals surface area contributed by atoms with Crippen molar-refractivity contribution in [2.45, 2.75) is 13.3 Å². The SMILES string of the molecule is CC/C=C\CNC=O. The fourth-order valence-corrected chi connectivity index (χ4v) is 0.366. The van der Waals surface area contributed by atoms with Crippen LogP contribution in [0.3, 0.4) is 0 Å². The van der Waals surface area contributed by atoms with Gasteiger partial charge in [-0.2, -0.15) is 0 Å². The minimum absolute atomic E-state index is 0.650. The first-order valence-electron chi connectivity index (χ1n) is 2.73. The summed E-state index contributed by atoms with van der Waals surface area (Å²) in [6.45, 7) is 2.70. The first-order valence-corrected chi connectivity index (χ1v) is 2.73. The van der Waals surface area contributed by atoms with Crippen LogP contribution < -0.4 is 5.32 Å². The number of hydrogen-bond acceptors (Lipinski definition) is 1. The second kappa shape index (κ2) is 6.21. The molecule has 0 aliphatic heterocycles. The van der Waals surface area contributed by atoms with Gasteiger partial charge in [-0.05, 0) is 6.42 Å². The summed E-state index contributed by atoms with van der Waals surface area (Å²) in [4.78, 5) is 9.62. The molecule has 1 amide bonds. The van der Waals surface area contributed by atoms with Crippen LogP contribution in [0.25, 0.3) is 0 Å². The van der Waals surface area contributed by atoms with Gasteiger partial charge in [0.1, 0.15) is 0 Å². The van der Waals surface area contributed by atoms with Gasteiger partial charge in [0.15, 0.2) is 0 Å². The summed E-state index contributed by atoms with van der Waals surface area (Å²) in [6.07, 6.45) is 5.66. The maximum Gasteiger partial charge on any atom is 0.207 e. The first kappa shape index (κ1) is 7.21. The van der Waals surface area contributed by atoms with Gasteiger partial charge >= 0.3 is 0 Å². The number of hydrogen-bond donors (Lipinski definition) is 1. The highest BCUT2D eigenvalue weighted by molar-refractivity contribution is 5.46. The molecule has 0 saturated carbocycles. The summed E-state index contributed by atoms with van der Waals surface area (Å²) in [5.41, 5.74) is 0. The van der Waals surface area contributed by atoms with Crippen LogP contribution in [-0.4, -0.2) is 13.0 Å². The van der Waals surface area contributed by atoms with E-state index in [2.05, 4.69) is 12.2 Å². The summed E-state index contributed by atoms with van der Waals surface area (Å²) in [5, 5.41) is 2.52. The highest BCUT2D eigenvalue weighted by Crippen LogP contribution is 1.75. The molecule has 0 aromatic heterocycles. The summed E-state index contributed by atoms with van der Waals surface area (Å²) in [6, 6.07) is 0. The van der Waals surface area contributed by atoms with Gasteiger partial charge in [-0.25, -0.2) is 0 Å². The standard InChI is InChI=1S/C6H11NO/c1-2-3-4-5-7-6-8/h3-4,6H,2,5H2,1H3,(H,7,8)/b4-3-. The largest absolute Gasteiger partial charge is 0.355 e. The van der Waals surface area contributed by atoms with Crippen LogP contribution in [0.4, 0.5) is 0 Å². The Balaban J connectivity index is 2.90. The number of nitrogens with one attached hydrogen (secondary N) is 1. The zero-order chi connectivity index (χ0) is 6.24. The van der Waals surface area contributed by atoms with Crippen LogP contribution in [0.1, 0.15) is 13.3 Å². The topological polar surface area (TPSA) is 29.1 Å². The normalized spacial score (nSPS) is 9.62. The number of carbonyl (C=O) groups excluding carboxylic acids is 1. The van der Waals surface area contributed by atoms with Gasteiger partial charge in [0, 0.05) is 6.54 Å². The van der Waals surface area contributed by atoms with E-state index in [0.717, 1.165) is 6.42 Å². The zero-order valence-corrected chi connectivity index (χ0v) is 5.05. The third-order valence-corrected chi connectivity index (χ3v) is 0.721. The summed E-state index contributed by atoms with van der Waals surface area (Å²) in [5.74, 6) is 0. The fraction of sp³-hybridized carbons (Fsp3) is 0.500. The average Bonchev–Trinajstić information content (AvgIpc) is 1.81. The predicted octanol–water partition coefficient (Wildman–Crippen LogP) is 0.699. The van der Waals surface area contributed by atoms with Gasteiger partial charge in [0.2, 0.25) is 6.41 Å². The molecule has 0 aliphatic carbocycles. The minimum atomic E-state index is 0.650. The molecular formula is C6H11NO. The molecule has 0 atom stereocenters. The molecule has 0 unspecified atom stereocenters. The molecule has 0 aliphatic rings. The van der Waals surface area contributed by atoms with Gasteiger partial charge < -0.3 is 5.32 Å². The Morgan fingerprint density at radius 2 is 2.25 bits per heavy atom. The lowest BCUT2D eigenvalue weighted by atomic mass is 10.4. The van der Waals surface area contributed by atoms with E-state index in [9.17, 15) is 4.79 Å². The van der Waals surface area contributed by atoms with E-state index in [0.29, 0.717) is 13.0 Å². The summed E-state index contributed by atoms with van der Waals surface area (Å²) < 4.78 is 0. The maximum atomic E-state index is 9.62. The molecule has 1 N–H and O–H groups in total. The van der Waals surface area contributed by atoms with Gasteiger partial charge in [0.25, 0.3) is 0 Å². The Kier molecular flexibility index (Phi) is 5.60.